The van der Waals surface area contributed by atoms with E-state index >= 15 is 0 Å². The van der Waals surface area contributed by atoms with Crippen LogP contribution in [0.25, 0.3) is 0 Å². The first kappa shape index (κ1) is 17.4. The van der Waals surface area contributed by atoms with Gasteiger partial charge in [0, 0.05) is 20.8 Å². The molecule has 1 aliphatic rings. The fraction of sp³-hybridized carbons (Fsp3) is 0.786. The number of hydrogen-bond donors (Lipinski definition) is 0. The summed E-state index contributed by atoms with van der Waals surface area (Å²) >= 11 is 0. The van der Waals surface area contributed by atoms with Gasteiger partial charge in [-0.15, -0.1) is 0 Å². The summed E-state index contributed by atoms with van der Waals surface area (Å²) < 4.78 is 21.2. The maximum atomic E-state index is 11.3. The lowest BCUT2D eigenvalue weighted by atomic mass is 9.96. The summed E-state index contributed by atoms with van der Waals surface area (Å²) in [5.41, 5.74) is 0. The Morgan fingerprint density at radius 1 is 0.952 bits per heavy atom. The molecule has 1 aliphatic heterocycles. The van der Waals surface area contributed by atoms with Crippen LogP contribution in [-0.2, 0) is 33.3 Å². The highest BCUT2D eigenvalue weighted by atomic mass is 16.6. The number of hydrogen-bond acceptors (Lipinski definition) is 7. The third-order valence-corrected chi connectivity index (χ3v) is 3.03. The zero-order chi connectivity index (χ0) is 16.0. The Balaban J connectivity index is 2.97. The zero-order valence-electron chi connectivity index (χ0n) is 12.8. The molecule has 1 fully saturated rings. The van der Waals surface area contributed by atoms with Crippen LogP contribution in [0, 0.1) is 0 Å². The molecule has 4 atom stereocenters. The molecule has 0 N–H and O–H groups in total. The van der Waals surface area contributed by atoms with Gasteiger partial charge in [-0.1, -0.05) is 13.3 Å². The van der Waals surface area contributed by atoms with Gasteiger partial charge in [0.1, 0.15) is 0 Å². The third-order valence-electron chi connectivity index (χ3n) is 3.03. The summed E-state index contributed by atoms with van der Waals surface area (Å²) in [6, 6.07) is 0. The van der Waals surface area contributed by atoms with Crippen LogP contribution < -0.4 is 0 Å². The lowest BCUT2D eigenvalue weighted by Gasteiger charge is -2.40. The highest BCUT2D eigenvalue weighted by Crippen LogP contribution is 2.26. The normalized spacial score (nSPS) is 28.6. The quantitative estimate of drug-likeness (QED) is 0.552. The summed E-state index contributed by atoms with van der Waals surface area (Å²) in [6.45, 7) is 5.83. The minimum absolute atomic E-state index is 0.0972. The molecule has 0 radical (unpaired) electrons. The van der Waals surface area contributed by atoms with E-state index < -0.39 is 42.3 Å². The Hall–Kier alpha value is -1.63. The predicted molar refractivity (Wildman–Crippen MR) is 71.3 cm³/mol. The van der Waals surface area contributed by atoms with Crippen LogP contribution >= 0.6 is 0 Å². The molecule has 1 heterocycles. The Bertz CT molecular complexity index is 393. The van der Waals surface area contributed by atoms with Gasteiger partial charge in [-0.3, -0.25) is 14.4 Å². The number of carbonyl (C=O) groups is 3. The molecule has 0 aromatic carbocycles. The van der Waals surface area contributed by atoms with Gasteiger partial charge in [0.15, 0.2) is 18.3 Å². The molecule has 0 unspecified atom stereocenters. The molecule has 0 amide bonds. The lowest BCUT2D eigenvalue weighted by Crippen LogP contribution is -2.57. The summed E-state index contributed by atoms with van der Waals surface area (Å²) in [6.07, 6.45) is -1.38. The van der Waals surface area contributed by atoms with E-state index in [1.165, 1.54) is 20.8 Å². The van der Waals surface area contributed by atoms with E-state index in [4.69, 9.17) is 18.9 Å². The number of rotatable bonds is 5. The molecule has 120 valence electrons. The van der Waals surface area contributed by atoms with Crippen LogP contribution in [0.3, 0.4) is 0 Å². The maximum absolute atomic E-state index is 11.3. The lowest BCUT2D eigenvalue weighted by molar-refractivity contribution is -0.226. The van der Waals surface area contributed by atoms with Crippen molar-refractivity contribution in [3.05, 3.63) is 0 Å². The average molecular weight is 302 g/mol. The topological polar surface area (TPSA) is 88.1 Å². The van der Waals surface area contributed by atoms with Crippen LogP contribution in [0.2, 0.25) is 0 Å². The van der Waals surface area contributed by atoms with Crippen molar-refractivity contribution in [2.75, 3.05) is 6.61 Å². The molecular formula is C14H22O7. The summed E-state index contributed by atoms with van der Waals surface area (Å²) in [5.74, 6) is -1.56. The summed E-state index contributed by atoms with van der Waals surface area (Å²) in [7, 11) is 0. The van der Waals surface area contributed by atoms with Crippen LogP contribution in [0.5, 0.6) is 0 Å². The number of ether oxygens (including phenoxy) is 4. The second-order valence-corrected chi connectivity index (χ2v) is 4.96. The molecule has 21 heavy (non-hydrogen) atoms. The van der Waals surface area contributed by atoms with Crippen LogP contribution in [-0.4, -0.2) is 48.9 Å². The van der Waals surface area contributed by atoms with E-state index in [1.54, 1.807) is 0 Å². The molecule has 0 saturated carbocycles. The predicted octanol–water partition coefficient (Wildman–Crippen LogP) is 0.980. The van der Waals surface area contributed by atoms with E-state index in [1.807, 2.05) is 6.92 Å². The third kappa shape index (κ3) is 5.34. The first-order valence-corrected chi connectivity index (χ1v) is 6.98. The second-order valence-electron chi connectivity index (χ2n) is 4.96. The minimum Gasteiger partial charge on any atom is -0.456 e. The van der Waals surface area contributed by atoms with Gasteiger partial charge in [0.2, 0.25) is 0 Å². The summed E-state index contributed by atoms with van der Waals surface area (Å²) in [5, 5.41) is 0. The maximum Gasteiger partial charge on any atom is 0.303 e. The Labute approximate surface area is 123 Å². The molecule has 7 heteroatoms. The Kier molecular flexibility index (Phi) is 6.61. The second kappa shape index (κ2) is 7.97. The molecule has 0 bridgehead atoms. The minimum atomic E-state index is -0.861. The van der Waals surface area contributed by atoms with Crippen molar-refractivity contribution in [3.63, 3.8) is 0 Å². The zero-order valence-corrected chi connectivity index (χ0v) is 12.8. The molecule has 1 saturated heterocycles. The largest absolute Gasteiger partial charge is 0.456 e. The fourth-order valence-corrected chi connectivity index (χ4v) is 2.35. The highest BCUT2D eigenvalue weighted by Gasteiger charge is 2.46. The van der Waals surface area contributed by atoms with E-state index in [-0.39, 0.29) is 6.61 Å². The molecule has 7 nitrogen and oxygen atoms in total. The molecule has 1 rings (SSSR count). The van der Waals surface area contributed by atoms with E-state index in [0.717, 1.165) is 6.42 Å². The van der Waals surface area contributed by atoms with Crippen molar-refractivity contribution < 1.29 is 33.3 Å². The standard InChI is InChI=1S/C14H22O7/c1-5-6-11-13(20-9(3)16)14(21-10(4)17)12(7-18-11)19-8(2)15/h11-14H,5-7H2,1-4H3/t11-,12+,13+,14+/m0/s1. The van der Waals surface area contributed by atoms with E-state index in [9.17, 15) is 14.4 Å². The van der Waals surface area contributed by atoms with E-state index in [0.29, 0.717) is 6.42 Å². The van der Waals surface area contributed by atoms with Crippen molar-refractivity contribution in [2.45, 2.75) is 65.0 Å². The Morgan fingerprint density at radius 3 is 1.95 bits per heavy atom. The monoisotopic (exact) mass is 302 g/mol. The first-order chi connectivity index (χ1) is 9.85. The van der Waals surface area contributed by atoms with E-state index in [2.05, 4.69) is 0 Å². The Morgan fingerprint density at radius 2 is 1.48 bits per heavy atom. The van der Waals surface area contributed by atoms with Gasteiger partial charge in [0.05, 0.1) is 12.7 Å². The highest BCUT2D eigenvalue weighted by molar-refractivity contribution is 5.68. The van der Waals surface area contributed by atoms with Gasteiger partial charge in [-0.2, -0.15) is 0 Å². The van der Waals surface area contributed by atoms with Crippen molar-refractivity contribution in [2.24, 2.45) is 0 Å². The van der Waals surface area contributed by atoms with Crippen molar-refractivity contribution in [1.82, 2.24) is 0 Å². The molecule has 0 aliphatic carbocycles. The van der Waals surface area contributed by atoms with Gasteiger partial charge in [-0.05, 0) is 6.42 Å². The molecule has 0 aromatic rings. The number of esters is 3. The van der Waals surface area contributed by atoms with Crippen LogP contribution in [0.1, 0.15) is 40.5 Å². The smallest absolute Gasteiger partial charge is 0.303 e. The first-order valence-electron chi connectivity index (χ1n) is 6.98. The van der Waals surface area contributed by atoms with Crippen molar-refractivity contribution >= 4 is 17.9 Å². The molecular weight excluding hydrogens is 280 g/mol. The van der Waals surface area contributed by atoms with Crippen molar-refractivity contribution in [3.8, 4) is 0 Å². The van der Waals surface area contributed by atoms with Gasteiger partial charge >= 0.3 is 17.9 Å². The van der Waals surface area contributed by atoms with Crippen molar-refractivity contribution in [1.29, 1.82) is 0 Å². The SMILES string of the molecule is CCC[C@@H]1OC[C@@H](OC(C)=O)[C@@H](OC(C)=O)[C@@H]1OC(C)=O. The summed E-state index contributed by atoms with van der Waals surface area (Å²) in [4.78, 5) is 33.7. The molecule has 0 spiro atoms. The van der Waals surface area contributed by atoms with Gasteiger partial charge in [0.25, 0.3) is 0 Å². The molecule has 0 aromatic heterocycles. The number of carbonyl (C=O) groups excluding carboxylic acids is 3. The van der Waals surface area contributed by atoms with Gasteiger partial charge in [-0.25, -0.2) is 0 Å². The van der Waals surface area contributed by atoms with Gasteiger partial charge < -0.3 is 18.9 Å². The average Bonchev–Trinajstić information content (AvgIpc) is 2.35. The van der Waals surface area contributed by atoms with Crippen LogP contribution in [0.4, 0.5) is 0 Å². The van der Waals surface area contributed by atoms with Crippen LogP contribution in [0.15, 0.2) is 0 Å². The fourth-order valence-electron chi connectivity index (χ4n) is 2.35.